The maximum atomic E-state index is 11.8. The van der Waals surface area contributed by atoms with E-state index in [1.165, 1.54) is 7.11 Å². The van der Waals surface area contributed by atoms with Crippen LogP contribution in [0.2, 0.25) is 0 Å². The molecule has 0 aromatic carbocycles. The summed E-state index contributed by atoms with van der Waals surface area (Å²) in [5.74, 6) is -2.15. The van der Waals surface area contributed by atoms with Gasteiger partial charge in [0.2, 0.25) is 5.91 Å². The van der Waals surface area contributed by atoms with Crippen molar-refractivity contribution in [3.63, 3.8) is 0 Å². The summed E-state index contributed by atoms with van der Waals surface area (Å²) in [5, 5.41) is 14.3. The maximum absolute atomic E-state index is 11.8. The van der Waals surface area contributed by atoms with Gasteiger partial charge in [0.1, 0.15) is 12.1 Å². The highest BCUT2D eigenvalue weighted by molar-refractivity contribution is 5.87. The van der Waals surface area contributed by atoms with E-state index in [0.717, 1.165) is 0 Å². The Morgan fingerprint density at radius 3 is 2.79 bits per heavy atom. The van der Waals surface area contributed by atoms with E-state index in [1.54, 1.807) is 0 Å². The Morgan fingerprint density at radius 2 is 2.26 bits per heavy atom. The molecule has 0 bridgehead atoms. The smallest absolute Gasteiger partial charge is 0.326 e. The van der Waals surface area contributed by atoms with Gasteiger partial charge in [-0.1, -0.05) is 0 Å². The lowest BCUT2D eigenvalue weighted by Crippen LogP contribution is -2.54. The lowest BCUT2D eigenvalue weighted by atomic mass is 10.1. The van der Waals surface area contributed by atoms with Crippen molar-refractivity contribution in [2.75, 3.05) is 26.9 Å². The Kier molecular flexibility index (Phi) is 6.23. The van der Waals surface area contributed by atoms with Gasteiger partial charge in [0.25, 0.3) is 0 Å². The molecule has 1 rings (SSSR count). The normalized spacial score (nSPS) is 20.4. The Balaban J connectivity index is 2.45. The van der Waals surface area contributed by atoms with Gasteiger partial charge in [-0.25, -0.2) is 4.79 Å². The largest absolute Gasteiger partial charge is 0.480 e. The first-order chi connectivity index (χ1) is 9.04. The second-order valence-corrected chi connectivity index (χ2v) is 4.10. The Hall–Kier alpha value is -1.67. The van der Waals surface area contributed by atoms with Crippen molar-refractivity contribution < 1.29 is 29.0 Å². The average Bonchev–Trinajstić information content (AvgIpc) is 2.43. The van der Waals surface area contributed by atoms with Gasteiger partial charge < -0.3 is 25.2 Å². The van der Waals surface area contributed by atoms with Gasteiger partial charge in [-0.2, -0.15) is 0 Å². The minimum Gasteiger partial charge on any atom is -0.480 e. The molecule has 8 nitrogen and oxygen atoms in total. The number of nitrogens with one attached hydrogen (secondary N) is 2. The molecule has 2 unspecified atom stereocenters. The lowest BCUT2D eigenvalue weighted by Gasteiger charge is -2.24. The van der Waals surface area contributed by atoms with Crippen LogP contribution in [-0.4, -0.2) is 61.9 Å². The molecule has 1 saturated heterocycles. The van der Waals surface area contributed by atoms with E-state index in [2.05, 4.69) is 15.4 Å². The van der Waals surface area contributed by atoms with Gasteiger partial charge in [0.15, 0.2) is 0 Å². The van der Waals surface area contributed by atoms with Crippen molar-refractivity contribution in [2.45, 2.75) is 24.9 Å². The fourth-order valence-electron chi connectivity index (χ4n) is 1.63. The summed E-state index contributed by atoms with van der Waals surface area (Å²) in [6.07, 6.45) is -0.0797. The highest BCUT2D eigenvalue weighted by Gasteiger charge is 2.27. The average molecular weight is 274 g/mol. The number of esters is 1. The molecule has 19 heavy (non-hydrogen) atoms. The number of methoxy groups -OCH3 is 1. The first kappa shape index (κ1) is 15.4. The lowest BCUT2D eigenvalue weighted by molar-refractivity contribution is -0.144. The molecule has 1 amide bonds. The SMILES string of the molecule is COC(=O)CCC(NC(=O)C1COCCN1)C(=O)O. The number of ether oxygens (including phenoxy) is 2. The van der Waals surface area contributed by atoms with Crippen molar-refractivity contribution in [2.24, 2.45) is 0 Å². The second-order valence-electron chi connectivity index (χ2n) is 4.10. The van der Waals surface area contributed by atoms with Gasteiger partial charge in [-0.05, 0) is 6.42 Å². The van der Waals surface area contributed by atoms with Crippen molar-refractivity contribution >= 4 is 17.8 Å². The van der Waals surface area contributed by atoms with Crippen LogP contribution < -0.4 is 10.6 Å². The van der Waals surface area contributed by atoms with Crippen molar-refractivity contribution in [3.05, 3.63) is 0 Å². The zero-order chi connectivity index (χ0) is 14.3. The molecule has 0 aromatic heterocycles. The van der Waals surface area contributed by atoms with E-state index >= 15 is 0 Å². The number of amides is 1. The third-order valence-corrected chi connectivity index (χ3v) is 2.72. The van der Waals surface area contributed by atoms with Crippen molar-refractivity contribution in [3.8, 4) is 0 Å². The van der Waals surface area contributed by atoms with E-state index < -0.39 is 29.9 Å². The van der Waals surface area contributed by atoms with Gasteiger partial charge in [0.05, 0.1) is 20.3 Å². The summed E-state index contributed by atoms with van der Waals surface area (Å²) in [4.78, 5) is 33.8. The molecule has 1 aliphatic heterocycles. The van der Waals surface area contributed by atoms with Crippen LogP contribution in [0.1, 0.15) is 12.8 Å². The topological polar surface area (TPSA) is 114 Å². The van der Waals surface area contributed by atoms with Crippen LogP contribution in [0.5, 0.6) is 0 Å². The molecular formula is C11H18N2O6. The monoisotopic (exact) mass is 274 g/mol. The van der Waals surface area contributed by atoms with Gasteiger partial charge in [-0.3, -0.25) is 9.59 Å². The molecule has 108 valence electrons. The van der Waals surface area contributed by atoms with Crippen LogP contribution in [0.3, 0.4) is 0 Å². The molecule has 1 heterocycles. The van der Waals surface area contributed by atoms with E-state index in [4.69, 9.17) is 9.84 Å². The number of carbonyl (C=O) groups is 3. The number of hydrogen-bond acceptors (Lipinski definition) is 6. The van der Waals surface area contributed by atoms with Crippen LogP contribution in [0, 0.1) is 0 Å². The van der Waals surface area contributed by atoms with Crippen LogP contribution in [0.25, 0.3) is 0 Å². The summed E-state index contributed by atoms with van der Waals surface area (Å²) >= 11 is 0. The fourth-order valence-corrected chi connectivity index (χ4v) is 1.63. The molecule has 0 saturated carbocycles. The highest BCUT2D eigenvalue weighted by atomic mass is 16.5. The minimum absolute atomic E-state index is 0.0126. The van der Waals surface area contributed by atoms with E-state index in [-0.39, 0.29) is 19.4 Å². The molecule has 8 heteroatoms. The second kappa shape index (κ2) is 7.70. The molecular weight excluding hydrogens is 256 g/mol. The molecule has 0 aliphatic carbocycles. The summed E-state index contributed by atoms with van der Waals surface area (Å²) in [7, 11) is 1.22. The number of rotatable bonds is 6. The number of carbonyl (C=O) groups excluding carboxylic acids is 2. The molecule has 2 atom stereocenters. The van der Waals surface area contributed by atoms with Gasteiger partial charge in [0, 0.05) is 13.0 Å². The zero-order valence-corrected chi connectivity index (χ0v) is 10.7. The number of carboxylic acid groups (broad SMARTS) is 1. The predicted octanol–water partition coefficient (Wildman–Crippen LogP) is -1.50. The van der Waals surface area contributed by atoms with Crippen molar-refractivity contribution in [1.29, 1.82) is 0 Å². The van der Waals surface area contributed by atoms with E-state index in [9.17, 15) is 14.4 Å². The van der Waals surface area contributed by atoms with Crippen LogP contribution >= 0.6 is 0 Å². The molecule has 3 N–H and O–H groups in total. The van der Waals surface area contributed by atoms with Crippen LogP contribution in [-0.2, 0) is 23.9 Å². The molecule has 1 fully saturated rings. The first-order valence-corrected chi connectivity index (χ1v) is 5.95. The maximum Gasteiger partial charge on any atom is 0.326 e. The minimum atomic E-state index is -1.19. The van der Waals surface area contributed by atoms with Crippen LogP contribution in [0.4, 0.5) is 0 Å². The molecule has 0 spiro atoms. The third-order valence-electron chi connectivity index (χ3n) is 2.72. The summed E-state index contributed by atoms with van der Waals surface area (Å²) in [6, 6.07) is -1.68. The quantitative estimate of drug-likeness (QED) is 0.505. The van der Waals surface area contributed by atoms with Gasteiger partial charge in [-0.15, -0.1) is 0 Å². The first-order valence-electron chi connectivity index (χ1n) is 5.95. The summed E-state index contributed by atoms with van der Waals surface area (Å²) in [5.41, 5.74) is 0. The fraction of sp³-hybridized carbons (Fsp3) is 0.727. The number of morpholine rings is 1. The standard InChI is InChI=1S/C11H18N2O6/c1-18-9(14)3-2-7(11(16)17)13-10(15)8-6-19-5-4-12-8/h7-8,12H,2-6H2,1H3,(H,13,15)(H,16,17). The molecule has 0 radical (unpaired) electrons. The highest BCUT2D eigenvalue weighted by Crippen LogP contribution is 2.01. The Bertz CT molecular complexity index is 340. The molecule has 1 aliphatic rings. The van der Waals surface area contributed by atoms with Crippen LogP contribution in [0.15, 0.2) is 0 Å². The van der Waals surface area contributed by atoms with Crippen molar-refractivity contribution in [1.82, 2.24) is 10.6 Å². The Labute approximate surface area is 110 Å². The molecule has 0 aromatic rings. The van der Waals surface area contributed by atoms with Gasteiger partial charge >= 0.3 is 11.9 Å². The third kappa shape index (κ3) is 5.23. The zero-order valence-electron chi connectivity index (χ0n) is 10.7. The predicted molar refractivity (Wildman–Crippen MR) is 63.4 cm³/mol. The van der Waals surface area contributed by atoms with E-state index in [0.29, 0.717) is 13.2 Å². The summed E-state index contributed by atoms with van der Waals surface area (Å²) < 4.78 is 9.54. The Morgan fingerprint density at radius 1 is 1.53 bits per heavy atom. The number of hydrogen-bond donors (Lipinski definition) is 3. The summed E-state index contributed by atoms with van der Waals surface area (Å²) in [6.45, 7) is 1.27. The van der Waals surface area contributed by atoms with E-state index in [1.807, 2.05) is 0 Å². The number of aliphatic carboxylic acids is 1. The number of carboxylic acids is 1.